The average Bonchev–Trinajstić information content (AvgIpc) is 2.42. The monoisotopic (exact) mass is 372 g/mol. The first-order valence-corrected chi connectivity index (χ1v) is 6.76. The molecule has 108 valence electrons. The second-order valence-corrected chi connectivity index (χ2v) is 5.27. The molecule has 0 atom stereocenters. The lowest BCUT2D eigenvalue weighted by molar-refractivity contribution is -0.384. The van der Waals surface area contributed by atoms with Crippen LogP contribution in [0.3, 0.4) is 0 Å². The van der Waals surface area contributed by atoms with E-state index in [4.69, 9.17) is 11.6 Å². The second kappa shape index (κ2) is 6.19. The van der Waals surface area contributed by atoms with Crippen LogP contribution in [0, 0.1) is 15.9 Å². The lowest BCUT2D eigenvalue weighted by atomic mass is 10.2. The summed E-state index contributed by atoms with van der Waals surface area (Å²) in [7, 11) is 0. The van der Waals surface area contributed by atoms with Crippen molar-refractivity contribution in [2.45, 2.75) is 0 Å². The molecule has 0 saturated heterocycles. The number of anilines is 1. The van der Waals surface area contributed by atoms with Gasteiger partial charge in [-0.2, -0.15) is 0 Å². The van der Waals surface area contributed by atoms with Gasteiger partial charge in [0.15, 0.2) is 0 Å². The van der Waals surface area contributed by atoms with E-state index < -0.39 is 16.6 Å². The molecule has 0 aliphatic carbocycles. The van der Waals surface area contributed by atoms with Gasteiger partial charge in [-0.1, -0.05) is 17.7 Å². The highest BCUT2D eigenvalue weighted by Gasteiger charge is 2.15. The number of carbonyl (C=O) groups is 1. The van der Waals surface area contributed by atoms with Crippen LogP contribution < -0.4 is 5.32 Å². The van der Waals surface area contributed by atoms with Gasteiger partial charge in [0.1, 0.15) is 5.82 Å². The Morgan fingerprint density at radius 2 is 2.05 bits per heavy atom. The summed E-state index contributed by atoms with van der Waals surface area (Å²) < 4.78 is 13.4. The number of hydrogen-bond donors (Lipinski definition) is 1. The van der Waals surface area contributed by atoms with Crippen molar-refractivity contribution in [1.82, 2.24) is 0 Å². The molecule has 2 rings (SSSR count). The number of carbonyl (C=O) groups excluding carboxylic acids is 1. The van der Waals surface area contributed by atoms with E-state index in [-0.39, 0.29) is 26.4 Å². The Hall–Kier alpha value is -1.99. The molecule has 0 unspecified atom stereocenters. The van der Waals surface area contributed by atoms with Gasteiger partial charge in [0.25, 0.3) is 11.6 Å². The highest BCUT2D eigenvalue weighted by molar-refractivity contribution is 9.10. The molecule has 0 aliphatic heterocycles. The van der Waals surface area contributed by atoms with E-state index in [1.54, 1.807) is 0 Å². The molecular formula is C13H7BrClFN2O3. The van der Waals surface area contributed by atoms with E-state index in [1.807, 2.05) is 0 Å². The maximum atomic E-state index is 13.1. The standard InChI is InChI=1S/C13H7BrClFN2O3/c14-10-5-8(16)6-11(15)12(10)17-13(19)7-2-1-3-9(4-7)18(20)21/h1-6H,(H,17,19). The summed E-state index contributed by atoms with van der Waals surface area (Å²) in [5.41, 5.74) is 0.0815. The first-order chi connectivity index (χ1) is 9.88. The van der Waals surface area contributed by atoms with Crippen LogP contribution in [-0.2, 0) is 0 Å². The number of amides is 1. The third-order valence-electron chi connectivity index (χ3n) is 2.56. The number of nitro groups is 1. The number of nitrogens with zero attached hydrogens (tertiary/aromatic N) is 1. The lowest BCUT2D eigenvalue weighted by Crippen LogP contribution is -2.13. The van der Waals surface area contributed by atoms with Crippen LogP contribution >= 0.6 is 27.5 Å². The minimum absolute atomic E-state index is 0.0145. The van der Waals surface area contributed by atoms with Gasteiger partial charge >= 0.3 is 0 Å². The first-order valence-electron chi connectivity index (χ1n) is 5.59. The zero-order valence-electron chi connectivity index (χ0n) is 10.3. The van der Waals surface area contributed by atoms with Crippen LogP contribution in [0.2, 0.25) is 5.02 Å². The summed E-state index contributed by atoms with van der Waals surface area (Å²) in [6.07, 6.45) is 0. The predicted molar refractivity (Wildman–Crippen MR) is 80.2 cm³/mol. The van der Waals surface area contributed by atoms with Gasteiger partial charge in [0.2, 0.25) is 0 Å². The SMILES string of the molecule is O=C(Nc1c(Cl)cc(F)cc1Br)c1cccc([N+](=O)[O-])c1. The van der Waals surface area contributed by atoms with Crippen LogP contribution in [0.5, 0.6) is 0 Å². The van der Waals surface area contributed by atoms with E-state index in [1.165, 1.54) is 18.2 Å². The highest BCUT2D eigenvalue weighted by atomic mass is 79.9. The van der Waals surface area contributed by atoms with Gasteiger partial charge in [-0.3, -0.25) is 14.9 Å². The summed E-state index contributed by atoms with van der Waals surface area (Å²) in [6, 6.07) is 7.44. The highest BCUT2D eigenvalue weighted by Crippen LogP contribution is 2.32. The van der Waals surface area contributed by atoms with E-state index in [0.29, 0.717) is 0 Å². The Balaban J connectivity index is 2.30. The Labute approximate surface area is 132 Å². The Kier molecular flexibility index (Phi) is 4.54. The van der Waals surface area contributed by atoms with Gasteiger partial charge in [-0.25, -0.2) is 4.39 Å². The summed E-state index contributed by atoms with van der Waals surface area (Å²) in [5, 5.41) is 13.2. The van der Waals surface area contributed by atoms with Crippen molar-refractivity contribution in [2.75, 3.05) is 5.32 Å². The minimum atomic E-state index is -0.600. The molecule has 0 saturated carbocycles. The van der Waals surface area contributed by atoms with Gasteiger partial charge in [-0.05, 0) is 34.1 Å². The molecule has 0 heterocycles. The maximum absolute atomic E-state index is 13.1. The number of rotatable bonds is 3. The van der Waals surface area contributed by atoms with Gasteiger partial charge < -0.3 is 5.32 Å². The van der Waals surface area contributed by atoms with Crippen LogP contribution in [0.4, 0.5) is 15.8 Å². The Morgan fingerprint density at radius 3 is 2.67 bits per heavy atom. The first kappa shape index (κ1) is 15.4. The molecule has 0 fully saturated rings. The van der Waals surface area contributed by atoms with Crippen molar-refractivity contribution in [2.24, 2.45) is 0 Å². The molecule has 0 aromatic heterocycles. The Bertz CT molecular complexity index is 716. The number of non-ortho nitro benzene ring substituents is 1. The quantitative estimate of drug-likeness (QED) is 0.640. The number of benzene rings is 2. The second-order valence-electron chi connectivity index (χ2n) is 4.01. The fraction of sp³-hybridized carbons (Fsp3) is 0. The molecule has 21 heavy (non-hydrogen) atoms. The molecule has 1 N–H and O–H groups in total. The number of nitro benzene ring substituents is 1. The number of nitrogens with one attached hydrogen (secondary N) is 1. The lowest BCUT2D eigenvalue weighted by Gasteiger charge is -2.09. The normalized spacial score (nSPS) is 10.2. The topological polar surface area (TPSA) is 72.2 Å². The van der Waals surface area contributed by atoms with Gasteiger partial charge in [0, 0.05) is 22.2 Å². The van der Waals surface area contributed by atoms with Crippen LogP contribution in [-0.4, -0.2) is 10.8 Å². The van der Waals surface area contributed by atoms with Crippen LogP contribution in [0.15, 0.2) is 40.9 Å². The maximum Gasteiger partial charge on any atom is 0.270 e. The van der Waals surface area contributed by atoms with Crippen molar-refractivity contribution >= 4 is 44.8 Å². The van der Waals surface area contributed by atoms with E-state index in [0.717, 1.165) is 18.2 Å². The molecule has 1 amide bonds. The van der Waals surface area contributed by atoms with Crippen LogP contribution in [0.1, 0.15) is 10.4 Å². The zero-order chi connectivity index (χ0) is 15.6. The number of halogens is 3. The summed E-state index contributed by atoms with van der Waals surface area (Å²) in [4.78, 5) is 22.2. The number of hydrogen-bond acceptors (Lipinski definition) is 3. The van der Waals surface area contributed by atoms with E-state index >= 15 is 0 Å². The predicted octanol–water partition coefficient (Wildman–Crippen LogP) is 4.40. The third kappa shape index (κ3) is 3.56. The van der Waals surface area contributed by atoms with Crippen molar-refractivity contribution in [1.29, 1.82) is 0 Å². The van der Waals surface area contributed by atoms with Crippen molar-refractivity contribution < 1.29 is 14.1 Å². The Morgan fingerprint density at radius 1 is 1.33 bits per heavy atom. The largest absolute Gasteiger partial charge is 0.320 e. The minimum Gasteiger partial charge on any atom is -0.320 e. The molecule has 0 radical (unpaired) electrons. The van der Waals surface area contributed by atoms with Crippen molar-refractivity contribution in [3.63, 3.8) is 0 Å². The van der Waals surface area contributed by atoms with Gasteiger partial charge in [0.05, 0.1) is 15.6 Å². The molecule has 0 bridgehead atoms. The fourth-order valence-electron chi connectivity index (χ4n) is 1.61. The summed E-state index contributed by atoms with van der Waals surface area (Å²) in [6.45, 7) is 0. The molecule has 5 nitrogen and oxygen atoms in total. The van der Waals surface area contributed by atoms with Crippen molar-refractivity contribution in [3.8, 4) is 0 Å². The molecule has 2 aromatic rings. The van der Waals surface area contributed by atoms with Gasteiger partial charge in [-0.15, -0.1) is 0 Å². The summed E-state index contributed by atoms with van der Waals surface area (Å²) in [5.74, 6) is -1.15. The van der Waals surface area contributed by atoms with Crippen LogP contribution in [0.25, 0.3) is 0 Å². The van der Waals surface area contributed by atoms with Crippen molar-refractivity contribution in [3.05, 3.63) is 67.4 Å². The molecule has 2 aromatic carbocycles. The smallest absolute Gasteiger partial charge is 0.270 e. The summed E-state index contributed by atoms with van der Waals surface area (Å²) >= 11 is 8.94. The average molecular weight is 374 g/mol. The molecule has 8 heteroatoms. The zero-order valence-corrected chi connectivity index (χ0v) is 12.6. The fourth-order valence-corrected chi connectivity index (χ4v) is 2.51. The third-order valence-corrected chi connectivity index (χ3v) is 3.49. The van der Waals surface area contributed by atoms with E-state index in [9.17, 15) is 19.3 Å². The molecular weight excluding hydrogens is 367 g/mol. The van der Waals surface area contributed by atoms with E-state index in [2.05, 4.69) is 21.2 Å². The molecule has 0 aliphatic rings. The molecule has 0 spiro atoms.